The van der Waals surface area contributed by atoms with E-state index in [0.717, 1.165) is 21.7 Å². The molecule has 3 rings (SSSR count). The Morgan fingerprint density at radius 1 is 1.20 bits per heavy atom. The maximum absolute atomic E-state index is 4.23. The van der Waals surface area contributed by atoms with Crippen molar-refractivity contribution in [2.24, 2.45) is 4.99 Å². The Balaban J connectivity index is 0.000000124. The fourth-order valence-corrected chi connectivity index (χ4v) is 1.72. The Hall–Kier alpha value is -1.42. The first-order valence-corrected chi connectivity index (χ1v) is 5.40. The average molecular weight is 264 g/mol. The highest BCUT2D eigenvalue weighted by Gasteiger charge is 1.98. The van der Waals surface area contributed by atoms with Crippen LogP contribution < -0.4 is 10.7 Å². The van der Waals surface area contributed by atoms with Gasteiger partial charge in [0, 0.05) is 18.6 Å². The highest BCUT2D eigenvalue weighted by Crippen LogP contribution is 1.97. The predicted octanol–water partition coefficient (Wildman–Crippen LogP) is 1.27. The third-order valence-corrected chi connectivity index (χ3v) is 2.55. The van der Waals surface area contributed by atoms with Gasteiger partial charge in [-0.15, -0.1) is 0 Å². The molecule has 0 aromatic carbocycles. The summed E-state index contributed by atoms with van der Waals surface area (Å²) in [6.07, 6.45) is 7.48. The van der Waals surface area contributed by atoms with Gasteiger partial charge in [-0.3, -0.25) is 9.98 Å². The van der Waals surface area contributed by atoms with Gasteiger partial charge in [-0.1, -0.05) is 6.07 Å². The standard InChI is InChI=1S/C6H5BrN2.C5H5N/c7-4-3-9-5-1-2-8-6(4)5;1-2-4-6-5-3-1/h1,3,9H,2H2;1-5H. The molecule has 3 heterocycles. The van der Waals surface area contributed by atoms with Crippen LogP contribution in [0.3, 0.4) is 0 Å². The summed E-state index contributed by atoms with van der Waals surface area (Å²) in [6, 6.07) is 5.72. The highest BCUT2D eigenvalue weighted by molar-refractivity contribution is 9.10. The van der Waals surface area contributed by atoms with Crippen LogP contribution in [0.25, 0.3) is 6.08 Å². The first-order chi connectivity index (χ1) is 7.38. The zero-order valence-corrected chi connectivity index (χ0v) is 9.61. The molecule has 0 atom stereocenters. The quantitative estimate of drug-likeness (QED) is 0.765. The molecule has 3 nitrogen and oxygen atoms in total. The SMILES string of the molecule is Brc1c[nH]c2c1=NCC=2.c1ccncc1. The number of fused-ring (bicyclic) bond motifs is 1. The summed E-state index contributed by atoms with van der Waals surface area (Å²) in [4.78, 5) is 11.1. The number of H-pyrrole nitrogens is 1. The third kappa shape index (κ3) is 2.53. The Labute approximate surface area is 95.7 Å². The zero-order valence-electron chi connectivity index (χ0n) is 8.02. The molecule has 0 spiro atoms. The summed E-state index contributed by atoms with van der Waals surface area (Å²) < 4.78 is 1.06. The van der Waals surface area contributed by atoms with Crippen LogP contribution in [0, 0.1) is 0 Å². The summed E-state index contributed by atoms with van der Waals surface area (Å²) in [6.45, 7) is 0.820. The molecule has 0 radical (unpaired) electrons. The maximum Gasteiger partial charge on any atom is 0.0966 e. The number of hydrogen-bond acceptors (Lipinski definition) is 2. The molecule has 1 aliphatic rings. The van der Waals surface area contributed by atoms with Gasteiger partial charge < -0.3 is 4.98 Å². The second-order valence-electron chi connectivity index (χ2n) is 2.97. The summed E-state index contributed by atoms with van der Waals surface area (Å²) in [5, 5.41) is 2.21. The molecule has 1 aliphatic heterocycles. The van der Waals surface area contributed by atoms with E-state index in [1.165, 1.54) is 0 Å². The van der Waals surface area contributed by atoms with Gasteiger partial charge in [0.1, 0.15) is 0 Å². The van der Waals surface area contributed by atoms with Crippen LogP contribution in [0.15, 0.2) is 46.3 Å². The predicted molar refractivity (Wildman–Crippen MR) is 62.8 cm³/mol. The van der Waals surface area contributed by atoms with Crippen LogP contribution >= 0.6 is 15.9 Å². The molecule has 2 aromatic rings. The summed E-state index contributed by atoms with van der Waals surface area (Å²) in [7, 11) is 0. The molecule has 0 aliphatic carbocycles. The van der Waals surface area contributed by atoms with E-state index in [2.05, 4.69) is 37.0 Å². The molecule has 0 saturated carbocycles. The number of nitrogens with zero attached hydrogens (tertiary/aromatic N) is 2. The van der Waals surface area contributed by atoms with Crippen molar-refractivity contribution >= 4 is 22.0 Å². The monoisotopic (exact) mass is 263 g/mol. The van der Waals surface area contributed by atoms with Gasteiger partial charge in [0.05, 0.1) is 21.7 Å². The Morgan fingerprint density at radius 3 is 2.53 bits per heavy atom. The lowest BCUT2D eigenvalue weighted by Gasteiger charge is -1.73. The van der Waals surface area contributed by atoms with Crippen LogP contribution in [0.5, 0.6) is 0 Å². The van der Waals surface area contributed by atoms with Crippen LogP contribution in [-0.2, 0) is 0 Å². The lowest BCUT2D eigenvalue weighted by molar-refractivity contribution is 1.22. The molecule has 76 valence electrons. The molecule has 0 bridgehead atoms. The number of aromatic amines is 1. The topological polar surface area (TPSA) is 41.0 Å². The van der Waals surface area contributed by atoms with Crippen LogP contribution in [-0.4, -0.2) is 16.5 Å². The Morgan fingerprint density at radius 2 is 2.00 bits per heavy atom. The molecule has 0 saturated heterocycles. The number of halogens is 1. The molecule has 1 N–H and O–H groups in total. The van der Waals surface area contributed by atoms with E-state index in [9.17, 15) is 0 Å². The first-order valence-electron chi connectivity index (χ1n) is 4.60. The van der Waals surface area contributed by atoms with Gasteiger partial charge in [0.15, 0.2) is 0 Å². The van der Waals surface area contributed by atoms with Crippen molar-refractivity contribution in [3.05, 3.63) is 52.0 Å². The summed E-state index contributed by atoms with van der Waals surface area (Å²) >= 11 is 3.37. The molecular formula is C11H10BrN3. The average Bonchev–Trinajstić information content (AvgIpc) is 2.88. The van der Waals surface area contributed by atoms with E-state index >= 15 is 0 Å². The third-order valence-electron chi connectivity index (χ3n) is 1.95. The summed E-state index contributed by atoms with van der Waals surface area (Å²) in [5.41, 5.74) is 0. The Kier molecular flexibility index (Phi) is 3.29. The highest BCUT2D eigenvalue weighted by atomic mass is 79.9. The van der Waals surface area contributed by atoms with Crippen molar-refractivity contribution in [2.45, 2.75) is 0 Å². The van der Waals surface area contributed by atoms with Crippen molar-refractivity contribution in [3.63, 3.8) is 0 Å². The smallest absolute Gasteiger partial charge is 0.0966 e. The minimum absolute atomic E-state index is 0.820. The van der Waals surface area contributed by atoms with E-state index in [-0.39, 0.29) is 0 Å². The number of rotatable bonds is 0. The van der Waals surface area contributed by atoms with Gasteiger partial charge in [-0.2, -0.15) is 0 Å². The van der Waals surface area contributed by atoms with Gasteiger partial charge in [-0.25, -0.2) is 0 Å². The number of pyridine rings is 1. The van der Waals surface area contributed by atoms with Crippen molar-refractivity contribution in [3.8, 4) is 0 Å². The minimum Gasteiger partial charge on any atom is -0.359 e. The molecular weight excluding hydrogens is 254 g/mol. The van der Waals surface area contributed by atoms with Gasteiger partial charge >= 0.3 is 0 Å². The Bertz CT molecular complexity index is 504. The van der Waals surface area contributed by atoms with Gasteiger partial charge in [-0.05, 0) is 34.1 Å². The molecule has 0 fully saturated rings. The number of aromatic nitrogens is 2. The molecule has 15 heavy (non-hydrogen) atoms. The first kappa shape index (κ1) is 10.1. The summed E-state index contributed by atoms with van der Waals surface area (Å²) in [5.74, 6) is 0. The number of nitrogens with one attached hydrogen (secondary N) is 1. The largest absolute Gasteiger partial charge is 0.359 e. The van der Waals surface area contributed by atoms with E-state index in [1.54, 1.807) is 12.4 Å². The van der Waals surface area contributed by atoms with Gasteiger partial charge in [0.2, 0.25) is 0 Å². The van der Waals surface area contributed by atoms with Crippen LogP contribution in [0.1, 0.15) is 0 Å². The second-order valence-corrected chi connectivity index (χ2v) is 3.82. The van der Waals surface area contributed by atoms with Gasteiger partial charge in [0.25, 0.3) is 0 Å². The lowest BCUT2D eigenvalue weighted by atomic mass is 10.5. The molecule has 0 unspecified atom stereocenters. The molecule has 4 heteroatoms. The van der Waals surface area contributed by atoms with E-state index < -0.39 is 0 Å². The maximum atomic E-state index is 4.23. The molecule has 2 aromatic heterocycles. The van der Waals surface area contributed by atoms with Crippen molar-refractivity contribution in [2.75, 3.05) is 6.54 Å². The zero-order chi connectivity index (χ0) is 10.5. The van der Waals surface area contributed by atoms with E-state index in [0.29, 0.717) is 0 Å². The van der Waals surface area contributed by atoms with Crippen molar-refractivity contribution in [1.29, 1.82) is 0 Å². The normalized spacial score (nSPS) is 11.8. The van der Waals surface area contributed by atoms with Crippen LogP contribution in [0.2, 0.25) is 0 Å². The van der Waals surface area contributed by atoms with E-state index in [1.807, 2.05) is 24.4 Å². The van der Waals surface area contributed by atoms with Crippen molar-refractivity contribution < 1.29 is 0 Å². The fraction of sp³-hybridized carbons (Fsp3) is 0.0909. The molecule has 0 amide bonds. The fourth-order valence-electron chi connectivity index (χ4n) is 1.26. The second kappa shape index (κ2) is 4.89. The van der Waals surface area contributed by atoms with E-state index in [4.69, 9.17) is 0 Å². The number of hydrogen-bond donors (Lipinski definition) is 1. The minimum atomic E-state index is 0.820. The van der Waals surface area contributed by atoms with Crippen molar-refractivity contribution in [1.82, 2.24) is 9.97 Å². The lowest BCUT2D eigenvalue weighted by Crippen LogP contribution is -2.18. The van der Waals surface area contributed by atoms with Crippen LogP contribution in [0.4, 0.5) is 0 Å².